The largest absolute Gasteiger partial charge is 0.490 e. The van der Waals surface area contributed by atoms with Crippen LogP contribution < -0.4 is 14.8 Å². The molecular weight excluding hydrogens is 430 g/mol. The average molecular weight is 464 g/mol. The van der Waals surface area contributed by atoms with Crippen LogP contribution in [0.2, 0.25) is 0 Å². The standard InChI is InChI=1S/C27H33N3O4/c1-19-16-21(27(32)29-11-2-3-12-29)7-9-22(19)28-18-26(31)30-13-4-6-23(30)20-8-10-24-25(17-20)34-15-5-14-33-24/h7-10,16-17,23,28H,2-6,11-15,18H2,1H3. The number of hydrogen-bond acceptors (Lipinski definition) is 5. The van der Waals surface area contributed by atoms with E-state index in [-0.39, 0.29) is 24.4 Å². The zero-order valence-electron chi connectivity index (χ0n) is 19.8. The SMILES string of the molecule is Cc1cc(C(=O)N2CCCC2)ccc1NCC(=O)N1CCCC1c1ccc2c(c1)OCCCO2. The molecule has 3 aliphatic rings. The molecule has 2 aromatic rings. The Morgan fingerprint density at radius 3 is 2.53 bits per heavy atom. The van der Waals surface area contributed by atoms with Gasteiger partial charge >= 0.3 is 0 Å². The number of likely N-dealkylation sites (tertiary alicyclic amines) is 2. The molecule has 0 aliphatic carbocycles. The number of hydrogen-bond donors (Lipinski definition) is 1. The number of fused-ring (bicyclic) bond motifs is 1. The molecule has 34 heavy (non-hydrogen) atoms. The molecule has 2 aromatic carbocycles. The zero-order valence-corrected chi connectivity index (χ0v) is 19.8. The molecule has 0 bridgehead atoms. The van der Waals surface area contributed by atoms with E-state index >= 15 is 0 Å². The van der Waals surface area contributed by atoms with Crippen molar-refractivity contribution in [1.29, 1.82) is 0 Å². The Balaban J connectivity index is 1.23. The van der Waals surface area contributed by atoms with Crippen LogP contribution in [0.3, 0.4) is 0 Å². The Labute approximate surface area is 201 Å². The highest BCUT2D eigenvalue weighted by molar-refractivity contribution is 5.95. The van der Waals surface area contributed by atoms with Crippen molar-refractivity contribution in [3.63, 3.8) is 0 Å². The molecule has 7 nitrogen and oxygen atoms in total. The average Bonchev–Trinajstić information content (AvgIpc) is 3.51. The number of anilines is 1. The molecule has 180 valence electrons. The lowest BCUT2D eigenvalue weighted by atomic mass is 10.0. The van der Waals surface area contributed by atoms with Crippen molar-refractivity contribution < 1.29 is 19.1 Å². The number of nitrogens with one attached hydrogen (secondary N) is 1. The van der Waals surface area contributed by atoms with Gasteiger partial charge in [0.15, 0.2) is 11.5 Å². The van der Waals surface area contributed by atoms with Gasteiger partial charge < -0.3 is 24.6 Å². The van der Waals surface area contributed by atoms with Crippen molar-refractivity contribution in [3.8, 4) is 11.5 Å². The number of ether oxygens (including phenoxy) is 2. The monoisotopic (exact) mass is 463 g/mol. The zero-order chi connectivity index (χ0) is 23.5. The first-order valence-electron chi connectivity index (χ1n) is 12.4. The summed E-state index contributed by atoms with van der Waals surface area (Å²) in [5.41, 5.74) is 3.66. The van der Waals surface area contributed by atoms with Crippen LogP contribution in [-0.2, 0) is 4.79 Å². The van der Waals surface area contributed by atoms with Crippen molar-refractivity contribution in [1.82, 2.24) is 9.80 Å². The number of aryl methyl sites for hydroxylation is 1. The predicted octanol–water partition coefficient (Wildman–Crippen LogP) is 4.17. The van der Waals surface area contributed by atoms with E-state index in [1.54, 1.807) is 0 Å². The van der Waals surface area contributed by atoms with Gasteiger partial charge in [-0.1, -0.05) is 6.07 Å². The van der Waals surface area contributed by atoms with Crippen LogP contribution in [0.4, 0.5) is 5.69 Å². The molecule has 0 spiro atoms. The third-order valence-electron chi connectivity index (χ3n) is 7.03. The Morgan fingerprint density at radius 2 is 1.74 bits per heavy atom. The van der Waals surface area contributed by atoms with Crippen molar-refractivity contribution in [2.24, 2.45) is 0 Å². The fourth-order valence-corrected chi connectivity index (χ4v) is 5.17. The smallest absolute Gasteiger partial charge is 0.253 e. The summed E-state index contributed by atoms with van der Waals surface area (Å²) in [4.78, 5) is 29.7. The summed E-state index contributed by atoms with van der Waals surface area (Å²) in [5.74, 6) is 1.72. The molecule has 3 heterocycles. The molecule has 1 N–H and O–H groups in total. The van der Waals surface area contributed by atoms with E-state index in [4.69, 9.17) is 9.47 Å². The van der Waals surface area contributed by atoms with Gasteiger partial charge in [0.25, 0.3) is 5.91 Å². The molecule has 2 amide bonds. The molecule has 1 atom stereocenters. The molecule has 1 unspecified atom stereocenters. The fraction of sp³-hybridized carbons (Fsp3) is 0.481. The fourth-order valence-electron chi connectivity index (χ4n) is 5.17. The van der Waals surface area contributed by atoms with Crippen molar-refractivity contribution in [3.05, 3.63) is 53.1 Å². The number of rotatable bonds is 5. The predicted molar refractivity (Wildman–Crippen MR) is 131 cm³/mol. The molecule has 0 radical (unpaired) electrons. The van der Waals surface area contributed by atoms with E-state index in [9.17, 15) is 9.59 Å². The first-order valence-corrected chi connectivity index (χ1v) is 12.4. The molecule has 5 rings (SSSR count). The maximum Gasteiger partial charge on any atom is 0.253 e. The number of amides is 2. The molecule has 0 saturated carbocycles. The highest BCUT2D eigenvalue weighted by atomic mass is 16.5. The van der Waals surface area contributed by atoms with Crippen LogP contribution >= 0.6 is 0 Å². The highest BCUT2D eigenvalue weighted by Crippen LogP contribution is 2.38. The summed E-state index contributed by atoms with van der Waals surface area (Å²) in [5, 5.41) is 3.29. The Hall–Kier alpha value is -3.22. The molecule has 3 aliphatic heterocycles. The normalized spacial score (nSPS) is 19.7. The Morgan fingerprint density at radius 1 is 0.941 bits per heavy atom. The summed E-state index contributed by atoms with van der Waals surface area (Å²) in [7, 11) is 0. The van der Waals surface area contributed by atoms with Crippen molar-refractivity contribution in [2.75, 3.05) is 44.7 Å². The minimum atomic E-state index is 0.0491. The van der Waals surface area contributed by atoms with Crippen molar-refractivity contribution >= 4 is 17.5 Å². The van der Waals surface area contributed by atoms with Crippen LogP contribution in [0.15, 0.2) is 36.4 Å². The minimum absolute atomic E-state index is 0.0491. The van der Waals surface area contributed by atoms with Gasteiger partial charge in [-0.05, 0) is 74.1 Å². The van der Waals surface area contributed by atoms with Gasteiger partial charge in [0, 0.05) is 37.3 Å². The molecular formula is C27H33N3O4. The van der Waals surface area contributed by atoms with Gasteiger partial charge in [0.1, 0.15) is 0 Å². The summed E-state index contributed by atoms with van der Waals surface area (Å²) in [6.45, 7) is 5.95. The van der Waals surface area contributed by atoms with E-state index in [0.717, 1.165) is 80.1 Å². The number of benzene rings is 2. The summed E-state index contributed by atoms with van der Waals surface area (Å²) in [6, 6.07) is 11.8. The lowest BCUT2D eigenvalue weighted by Gasteiger charge is -2.26. The molecule has 2 fully saturated rings. The second-order valence-corrected chi connectivity index (χ2v) is 9.38. The van der Waals surface area contributed by atoms with E-state index in [0.29, 0.717) is 18.8 Å². The number of carbonyl (C=O) groups excluding carboxylic acids is 2. The van der Waals surface area contributed by atoms with Gasteiger partial charge in [0.2, 0.25) is 5.91 Å². The van der Waals surface area contributed by atoms with E-state index < -0.39 is 0 Å². The maximum absolute atomic E-state index is 13.2. The van der Waals surface area contributed by atoms with Gasteiger partial charge in [-0.3, -0.25) is 9.59 Å². The summed E-state index contributed by atoms with van der Waals surface area (Å²) >= 11 is 0. The van der Waals surface area contributed by atoms with E-state index in [2.05, 4.69) is 11.4 Å². The third kappa shape index (κ3) is 4.69. The van der Waals surface area contributed by atoms with Gasteiger partial charge in [-0.15, -0.1) is 0 Å². The van der Waals surface area contributed by atoms with E-state index in [1.807, 2.05) is 47.1 Å². The maximum atomic E-state index is 13.2. The van der Waals surface area contributed by atoms with Crippen LogP contribution in [-0.4, -0.2) is 61.0 Å². The second-order valence-electron chi connectivity index (χ2n) is 9.38. The summed E-state index contributed by atoms with van der Waals surface area (Å²) < 4.78 is 11.6. The minimum Gasteiger partial charge on any atom is -0.490 e. The van der Waals surface area contributed by atoms with Gasteiger partial charge in [0.05, 0.1) is 25.8 Å². The van der Waals surface area contributed by atoms with Crippen LogP contribution in [0, 0.1) is 6.92 Å². The topological polar surface area (TPSA) is 71.1 Å². The summed E-state index contributed by atoms with van der Waals surface area (Å²) in [6.07, 6.45) is 4.96. The van der Waals surface area contributed by atoms with Crippen molar-refractivity contribution in [2.45, 2.75) is 45.1 Å². The van der Waals surface area contributed by atoms with Crippen LogP contribution in [0.1, 0.15) is 59.6 Å². The highest BCUT2D eigenvalue weighted by Gasteiger charge is 2.30. The quantitative estimate of drug-likeness (QED) is 0.721. The number of carbonyl (C=O) groups is 2. The molecule has 0 aromatic heterocycles. The van der Waals surface area contributed by atoms with Crippen LogP contribution in [0.25, 0.3) is 0 Å². The molecule has 7 heteroatoms. The third-order valence-corrected chi connectivity index (χ3v) is 7.03. The van der Waals surface area contributed by atoms with Gasteiger partial charge in [-0.2, -0.15) is 0 Å². The first-order chi connectivity index (χ1) is 16.6. The Kier molecular flexibility index (Phi) is 6.61. The lowest BCUT2D eigenvalue weighted by Crippen LogP contribution is -2.35. The van der Waals surface area contributed by atoms with E-state index in [1.165, 1.54) is 0 Å². The van der Waals surface area contributed by atoms with Gasteiger partial charge in [-0.25, -0.2) is 0 Å². The Bertz CT molecular complexity index is 1060. The number of nitrogens with zero attached hydrogens (tertiary/aromatic N) is 2. The lowest BCUT2D eigenvalue weighted by molar-refractivity contribution is -0.130. The molecule has 2 saturated heterocycles. The van der Waals surface area contributed by atoms with Crippen LogP contribution in [0.5, 0.6) is 11.5 Å². The second kappa shape index (κ2) is 9.95. The first kappa shape index (κ1) is 22.6.